The number of hydrogen-bond donors (Lipinski definition) is 0. The summed E-state index contributed by atoms with van der Waals surface area (Å²) in [5.41, 5.74) is 0.411. The van der Waals surface area contributed by atoms with Gasteiger partial charge in [0.15, 0.2) is 10.9 Å². The maximum absolute atomic E-state index is 13.5. The van der Waals surface area contributed by atoms with Crippen LogP contribution in [0.4, 0.5) is 24.5 Å². The topological polar surface area (TPSA) is 61.8 Å². The van der Waals surface area contributed by atoms with E-state index in [2.05, 4.69) is 32.1 Å². The van der Waals surface area contributed by atoms with E-state index < -0.39 is 17.6 Å². The number of hydrogen-bond acceptors (Lipinski definition) is 6. The molecule has 5 rings (SSSR count). The van der Waals surface area contributed by atoms with Crippen molar-refractivity contribution in [2.45, 2.75) is 12.6 Å². The summed E-state index contributed by atoms with van der Waals surface area (Å²) in [7, 11) is 0. The van der Waals surface area contributed by atoms with Gasteiger partial charge in [-0.25, -0.2) is 0 Å². The zero-order chi connectivity index (χ0) is 25.3. The third-order valence-corrected chi connectivity index (χ3v) is 6.52. The first-order valence-electron chi connectivity index (χ1n) is 11.6. The van der Waals surface area contributed by atoms with Crippen molar-refractivity contribution in [2.24, 2.45) is 0 Å². The molecule has 0 unspecified atom stereocenters. The third-order valence-electron chi connectivity index (χ3n) is 6.34. The Balaban J connectivity index is 1.32. The first kappa shape index (κ1) is 24.3. The largest absolute Gasteiger partial charge is 0.435 e. The number of halogens is 4. The lowest BCUT2D eigenvalue weighted by Gasteiger charge is -2.36. The molecule has 1 aromatic heterocycles. The van der Waals surface area contributed by atoms with Gasteiger partial charge in [0, 0.05) is 38.4 Å². The maximum atomic E-state index is 13.5. The zero-order valence-corrected chi connectivity index (χ0v) is 20.0. The van der Waals surface area contributed by atoms with E-state index in [0.29, 0.717) is 13.0 Å². The average molecular weight is 518 g/mol. The van der Waals surface area contributed by atoms with E-state index in [1.54, 1.807) is 0 Å². The van der Waals surface area contributed by atoms with Crippen LogP contribution in [0.5, 0.6) is 11.6 Å². The number of carbonyl (C=O) groups is 1. The average Bonchev–Trinajstić information content (AvgIpc) is 2.98. The van der Waals surface area contributed by atoms with Crippen molar-refractivity contribution in [3.05, 3.63) is 70.9 Å². The fourth-order valence-corrected chi connectivity index (χ4v) is 4.63. The zero-order valence-electron chi connectivity index (χ0n) is 19.2. The molecule has 0 aliphatic carbocycles. The van der Waals surface area contributed by atoms with E-state index in [-0.39, 0.29) is 34.6 Å². The molecule has 1 saturated heterocycles. The second-order valence-corrected chi connectivity index (χ2v) is 9.03. The second-order valence-electron chi connectivity index (χ2n) is 8.64. The van der Waals surface area contributed by atoms with Crippen molar-refractivity contribution in [1.29, 1.82) is 0 Å². The van der Waals surface area contributed by atoms with Gasteiger partial charge in [-0.15, -0.1) is 10.2 Å². The van der Waals surface area contributed by atoms with Crippen LogP contribution in [-0.4, -0.2) is 60.3 Å². The van der Waals surface area contributed by atoms with Crippen LogP contribution in [-0.2, 0) is 6.18 Å². The first-order chi connectivity index (χ1) is 17.3. The molecule has 2 aliphatic rings. The number of ether oxygens (including phenoxy) is 1. The highest BCUT2D eigenvalue weighted by molar-refractivity contribution is 6.29. The predicted molar refractivity (Wildman–Crippen MR) is 130 cm³/mol. The monoisotopic (exact) mass is 517 g/mol. The molecule has 3 aromatic rings. The lowest BCUT2D eigenvalue weighted by molar-refractivity contribution is -0.137. The number of alkyl halides is 3. The first-order valence-corrected chi connectivity index (χ1v) is 11.9. The molecular weight excluding hydrogens is 495 g/mol. The van der Waals surface area contributed by atoms with Crippen LogP contribution in [0.2, 0.25) is 5.15 Å². The van der Waals surface area contributed by atoms with Crippen LogP contribution in [0.15, 0.2) is 54.6 Å². The highest BCUT2D eigenvalue weighted by Crippen LogP contribution is 2.42. The number of amides is 1. The van der Waals surface area contributed by atoms with Crippen LogP contribution in [0.25, 0.3) is 0 Å². The van der Waals surface area contributed by atoms with E-state index >= 15 is 0 Å². The van der Waals surface area contributed by atoms with Gasteiger partial charge in [0.2, 0.25) is 0 Å². The Labute approximate surface area is 211 Å². The van der Waals surface area contributed by atoms with Gasteiger partial charge in [0.1, 0.15) is 5.56 Å². The predicted octanol–water partition coefficient (Wildman–Crippen LogP) is 5.11. The minimum absolute atomic E-state index is 0.0103. The van der Waals surface area contributed by atoms with Crippen molar-refractivity contribution in [3.63, 3.8) is 0 Å². The Hall–Kier alpha value is -3.37. The molecule has 0 atom stereocenters. The van der Waals surface area contributed by atoms with Crippen LogP contribution in [0.3, 0.4) is 0 Å². The lowest BCUT2D eigenvalue weighted by Crippen LogP contribution is -2.47. The number of para-hydroxylation sites is 1. The quantitative estimate of drug-likeness (QED) is 0.468. The molecule has 7 nitrogen and oxygen atoms in total. The second kappa shape index (κ2) is 9.94. The van der Waals surface area contributed by atoms with E-state index in [4.69, 9.17) is 16.3 Å². The molecule has 36 heavy (non-hydrogen) atoms. The van der Waals surface area contributed by atoms with Gasteiger partial charge >= 0.3 is 6.18 Å². The van der Waals surface area contributed by atoms with Crippen molar-refractivity contribution in [1.82, 2.24) is 15.1 Å². The Kier molecular flexibility index (Phi) is 6.72. The van der Waals surface area contributed by atoms with E-state index in [1.807, 2.05) is 18.2 Å². The lowest BCUT2D eigenvalue weighted by atomic mass is 10.1. The van der Waals surface area contributed by atoms with Crippen LogP contribution in [0, 0.1) is 0 Å². The number of fused-ring (bicyclic) bond motifs is 2. The molecule has 1 amide bonds. The summed E-state index contributed by atoms with van der Waals surface area (Å²) in [5.74, 6) is -0.526. The molecule has 0 spiro atoms. The number of nitrogens with zero attached hydrogens (tertiary/aromatic N) is 5. The highest BCUT2D eigenvalue weighted by Gasteiger charge is 2.35. The molecule has 0 radical (unpaired) electrons. The van der Waals surface area contributed by atoms with Crippen molar-refractivity contribution < 1.29 is 22.7 Å². The van der Waals surface area contributed by atoms with Gasteiger partial charge in [0.05, 0.1) is 11.3 Å². The summed E-state index contributed by atoms with van der Waals surface area (Å²) >= 11 is 5.94. The molecule has 0 N–H and O–H groups in total. The maximum Gasteiger partial charge on any atom is 0.416 e. The van der Waals surface area contributed by atoms with Gasteiger partial charge in [-0.2, -0.15) is 13.2 Å². The molecule has 2 aliphatic heterocycles. The third kappa shape index (κ3) is 5.10. The Morgan fingerprint density at radius 2 is 1.69 bits per heavy atom. The van der Waals surface area contributed by atoms with Crippen molar-refractivity contribution >= 4 is 28.9 Å². The number of anilines is 2. The summed E-state index contributed by atoms with van der Waals surface area (Å²) in [4.78, 5) is 19.3. The van der Waals surface area contributed by atoms with Gasteiger partial charge < -0.3 is 14.5 Å². The molecule has 188 valence electrons. The number of rotatable bonds is 5. The highest BCUT2D eigenvalue weighted by atomic mass is 35.5. The molecular formula is C25H23ClF3N5O2. The number of benzene rings is 2. The summed E-state index contributed by atoms with van der Waals surface area (Å²) in [6.45, 7) is 4.37. The molecule has 2 aromatic carbocycles. The Bertz CT molecular complexity index is 1250. The summed E-state index contributed by atoms with van der Waals surface area (Å²) in [6.07, 6.45) is -4.00. The Morgan fingerprint density at radius 3 is 2.42 bits per heavy atom. The Morgan fingerprint density at radius 1 is 0.944 bits per heavy atom. The SMILES string of the molecule is O=C1c2cc(Cl)nnc2Oc2ccc(C(F)(F)F)cc2N1CCCN1CCN(c2ccccc2)CC1. The standard InChI is InChI=1S/C25H23ClF3N5O2/c26-22-16-19-23(31-30-22)36-21-8-7-17(25(27,28)29)15-20(21)34(24(19)35)10-4-9-32-11-13-33(14-12-32)18-5-2-1-3-6-18/h1-3,5-8,15-16H,4,9-14H2. The van der Waals surface area contributed by atoms with Gasteiger partial charge in [-0.05, 0) is 49.4 Å². The molecule has 3 heterocycles. The minimum atomic E-state index is -4.57. The van der Waals surface area contributed by atoms with Crippen LogP contribution >= 0.6 is 11.6 Å². The van der Waals surface area contributed by atoms with Gasteiger partial charge in [-0.3, -0.25) is 9.69 Å². The van der Waals surface area contributed by atoms with E-state index in [9.17, 15) is 18.0 Å². The van der Waals surface area contributed by atoms with Crippen molar-refractivity contribution in [2.75, 3.05) is 49.1 Å². The normalized spacial score (nSPS) is 16.3. The molecule has 11 heteroatoms. The molecule has 0 bridgehead atoms. The number of piperazine rings is 1. The fourth-order valence-electron chi connectivity index (χ4n) is 4.48. The molecule has 1 fully saturated rings. The van der Waals surface area contributed by atoms with E-state index in [0.717, 1.165) is 38.3 Å². The minimum Gasteiger partial charge on any atom is -0.435 e. The molecule has 0 saturated carbocycles. The summed E-state index contributed by atoms with van der Waals surface area (Å²) in [6, 6.07) is 14.6. The van der Waals surface area contributed by atoms with Gasteiger partial charge in [0.25, 0.3) is 11.8 Å². The van der Waals surface area contributed by atoms with Crippen LogP contribution in [0.1, 0.15) is 22.3 Å². The van der Waals surface area contributed by atoms with Crippen LogP contribution < -0.4 is 14.5 Å². The summed E-state index contributed by atoms with van der Waals surface area (Å²) in [5, 5.41) is 7.53. The van der Waals surface area contributed by atoms with E-state index in [1.165, 1.54) is 22.7 Å². The number of aromatic nitrogens is 2. The smallest absolute Gasteiger partial charge is 0.416 e. The number of carbonyl (C=O) groups excluding carboxylic acids is 1. The van der Waals surface area contributed by atoms with Crippen molar-refractivity contribution in [3.8, 4) is 11.6 Å². The van der Waals surface area contributed by atoms with Gasteiger partial charge in [-0.1, -0.05) is 29.8 Å². The summed E-state index contributed by atoms with van der Waals surface area (Å²) < 4.78 is 46.1. The fraction of sp³-hybridized carbons (Fsp3) is 0.320.